The Labute approximate surface area is 154 Å². The molecule has 0 radical (unpaired) electrons. The molecule has 0 aliphatic carbocycles. The van der Waals surface area contributed by atoms with Gasteiger partial charge in [-0.05, 0) is 34.7 Å². The SMILES string of the molecule is COCc1ccc(CN2C(O)NNC2c2cc(C(C)C)ccc2O)cc1. The number of benzene rings is 2. The van der Waals surface area contributed by atoms with Gasteiger partial charge < -0.3 is 14.9 Å². The molecule has 2 atom stereocenters. The quantitative estimate of drug-likeness (QED) is 0.637. The number of phenols is 1. The van der Waals surface area contributed by atoms with Crippen LogP contribution in [0.1, 0.15) is 48.2 Å². The first-order chi connectivity index (χ1) is 12.5. The number of aliphatic hydroxyl groups excluding tert-OH is 1. The molecule has 1 fully saturated rings. The fourth-order valence-corrected chi connectivity index (χ4v) is 3.16. The lowest BCUT2D eigenvalue weighted by Crippen LogP contribution is -2.36. The van der Waals surface area contributed by atoms with Gasteiger partial charge in [-0.1, -0.05) is 44.2 Å². The third-order valence-electron chi connectivity index (χ3n) is 4.71. The summed E-state index contributed by atoms with van der Waals surface area (Å²) in [7, 11) is 1.67. The average Bonchev–Trinajstić information content (AvgIpc) is 2.98. The number of hydrogen-bond acceptors (Lipinski definition) is 6. The fraction of sp³-hybridized carbons (Fsp3) is 0.400. The van der Waals surface area contributed by atoms with Crippen molar-refractivity contribution in [2.75, 3.05) is 7.11 Å². The van der Waals surface area contributed by atoms with Gasteiger partial charge in [0, 0.05) is 19.2 Å². The average molecular weight is 357 g/mol. The van der Waals surface area contributed by atoms with E-state index in [1.807, 2.05) is 41.3 Å². The van der Waals surface area contributed by atoms with Crippen LogP contribution in [-0.4, -0.2) is 28.6 Å². The van der Waals surface area contributed by atoms with E-state index in [4.69, 9.17) is 4.74 Å². The number of methoxy groups -OCH3 is 1. The van der Waals surface area contributed by atoms with Crippen LogP contribution in [0.2, 0.25) is 0 Å². The molecule has 0 aromatic heterocycles. The largest absolute Gasteiger partial charge is 0.508 e. The number of hydrogen-bond donors (Lipinski definition) is 4. The molecule has 0 spiro atoms. The summed E-state index contributed by atoms with van der Waals surface area (Å²) in [5, 5.41) is 20.7. The van der Waals surface area contributed by atoms with E-state index in [0.717, 1.165) is 22.3 Å². The lowest BCUT2D eigenvalue weighted by molar-refractivity contribution is -0.00255. The van der Waals surface area contributed by atoms with Gasteiger partial charge in [-0.15, -0.1) is 0 Å². The normalized spacial score (nSPS) is 20.8. The Morgan fingerprint density at radius 2 is 1.77 bits per heavy atom. The van der Waals surface area contributed by atoms with Gasteiger partial charge in [0.15, 0.2) is 6.35 Å². The van der Waals surface area contributed by atoms with Crippen LogP contribution in [0.5, 0.6) is 5.75 Å². The Bertz CT molecular complexity index is 734. The molecule has 26 heavy (non-hydrogen) atoms. The van der Waals surface area contributed by atoms with E-state index in [0.29, 0.717) is 19.1 Å². The highest BCUT2D eigenvalue weighted by Gasteiger charge is 2.34. The molecule has 6 nitrogen and oxygen atoms in total. The van der Waals surface area contributed by atoms with Crippen molar-refractivity contribution >= 4 is 0 Å². The maximum atomic E-state index is 10.4. The zero-order valence-corrected chi connectivity index (χ0v) is 15.4. The van der Waals surface area contributed by atoms with E-state index in [9.17, 15) is 10.2 Å². The van der Waals surface area contributed by atoms with Crippen LogP contribution in [0.4, 0.5) is 0 Å². The van der Waals surface area contributed by atoms with Gasteiger partial charge >= 0.3 is 0 Å². The minimum Gasteiger partial charge on any atom is -0.508 e. The minimum atomic E-state index is -0.847. The third kappa shape index (κ3) is 4.06. The molecule has 1 saturated heterocycles. The van der Waals surface area contributed by atoms with E-state index in [2.05, 4.69) is 24.7 Å². The lowest BCUT2D eigenvalue weighted by atomic mass is 9.98. The predicted octanol–water partition coefficient (Wildman–Crippen LogP) is 2.55. The highest BCUT2D eigenvalue weighted by Crippen LogP contribution is 2.33. The van der Waals surface area contributed by atoms with Gasteiger partial charge in [0.25, 0.3) is 0 Å². The van der Waals surface area contributed by atoms with Crippen LogP contribution in [0.3, 0.4) is 0 Å². The Kier molecular flexibility index (Phi) is 5.90. The summed E-state index contributed by atoms with van der Waals surface area (Å²) in [4.78, 5) is 1.87. The summed E-state index contributed by atoms with van der Waals surface area (Å²) >= 11 is 0. The number of ether oxygens (including phenoxy) is 1. The van der Waals surface area contributed by atoms with Crippen LogP contribution < -0.4 is 10.9 Å². The second kappa shape index (κ2) is 8.16. The van der Waals surface area contributed by atoms with E-state index < -0.39 is 6.35 Å². The zero-order chi connectivity index (χ0) is 18.7. The summed E-state index contributed by atoms with van der Waals surface area (Å²) in [6.07, 6.45) is -1.18. The number of rotatable bonds is 6. The fourth-order valence-electron chi connectivity index (χ4n) is 3.16. The maximum absolute atomic E-state index is 10.4. The molecule has 2 unspecified atom stereocenters. The van der Waals surface area contributed by atoms with Crippen molar-refractivity contribution in [3.63, 3.8) is 0 Å². The Morgan fingerprint density at radius 1 is 1.08 bits per heavy atom. The third-order valence-corrected chi connectivity index (χ3v) is 4.71. The Morgan fingerprint density at radius 3 is 2.42 bits per heavy atom. The highest BCUT2D eigenvalue weighted by molar-refractivity contribution is 5.39. The molecule has 140 valence electrons. The van der Waals surface area contributed by atoms with Gasteiger partial charge in [0.1, 0.15) is 11.9 Å². The van der Waals surface area contributed by atoms with E-state index in [1.54, 1.807) is 13.2 Å². The number of nitrogens with one attached hydrogen (secondary N) is 2. The Balaban J connectivity index is 1.83. The molecule has 2 aromatic rings. The molecule has 1 aliphatic rings. The lowest BCUT2D eigenvalue weighted by Gasteiger charge is -2.26. The number of nitrogens with zero attached hydrogens (tertiary/aromatic N) is 1. The number of aromatic hydroxyl groups is 1. The molecule has 2 aromatic carbocycles. The smallest absolute Gasteiger partial charge is 0.177 e. The topological polar surface area (TPSA) is 77.0 Å². The first-order valence-electron chi connectivity index (χ1n) is 8.84. The van der Waals surface area contributed by atoms with Crippen LogP contribution in [-0.2, 0) is 17.9 Å². The molecule has 1 heterocycles. The van der Waals surface area contributed by atoms with Gasteiger partial charge in [-0.2, -0.15) is 0 Å². The number of phenolic OH excluding ortho intramolecular Hbond substituents is 1. The van der Waals surface area contributed by atoms with Crippen molar-refractivity contribution in [1.82, 2.24) is 15.8 Å². The summed E-state index contributed by atoms with van der Waals surface area (Å²) in [6, 6.07) is 13.7. The van der Waals surface area contributed by atoms with Gasteiger partial charge in [0.2, 0.25) is 0 Å². The second-order valence-corrected chi connectivity index (χ2v) is 6.96. The van der Waals surface area contributed by atoms with Crippen LogP contribution in [0.15, 0.2) is 42.5 Å². The summed E-state index contributed by atoms with van der Waals surface area (Å²) in [5.74, 6) is 0.568. The molecule has 1 aliphatic heterocycles. The first-order valence-corrected chi connectivity index (χ1v) is 8.84. The van der Waals surface area contributed by atoms with Crippen molar-refractivity contribution < 1.29 is 14.9 Å². The molecule has 0 saturated carbocycles. The van der Waals surface area contributed by atoms with Crippen molar-refractivity contribution in [3.05, 3.63) is 64.7 Å². The standard InChI is InChI=1S/C20H27N3O3/c1-13(2)16-8-9-18(24)17(10-16)19-21-22-20(25)23(19)11-14-4-6-15(7-5-14)12-26-3/h4-10,13,19-22,24-25H,11-12H2,1-3H3. The van der Waals surface area contributed by atoms with Crippen molar-refractivity contribution in [2.24, 2.45) is 0 Å². The van der Waals surface area contributed by atoms with Crippen molar-refractivity contribution in [3.8, 4) is 5.75 Å². The van der Waals surface area contributed by atoms with Gasteiger partial charge in [-0.3, -0.25) is 0 Å². The molecule has 0 amide bonds. The van der Waals surface area contributed by atoms with Crippen LogP contribution >= 0.6 is 0 Å². The molecule has 4 N–H and O–H groups in total. The number of aliphatic hydroxyl groups is 1. The Hall–Kier alpha value is -1.96. The van der Waals surface area contributed by atoms with E-state index >= 15 is 0 Å². The first kappa shape index (κ1) is 18.8. The molecular weight excluding hydrogens is 330 g/mol. The molecule has 3 rings (SSSR count). The minimum absolute atomic E-state index is 0.211. The molecule has 0 bridgehead atoms. The second-order valence-electron chi connectivity index (χ2n) is 6.96. The summed E-state index contributed by atoms with van der Waals surface area (Å²) in [5.41, 5.74) is 9.99. The zero-order valence-electron chi connectivity index (χ0n) is 15.4. The van der Waals surface area contributed by atoms with Gasteiger partial charge in [-0.25, -0.2) is 15.8 Å². The highest BCUT2D eigenvalue weighted by atomic mass is 16.5. The monoisotopic (exact) mass is 357 g/mol. The van der Waals surface area contributed by atoms with Crippen molar-refractivity contribution in [2.45, 2.75) is 45.4 Å². The van der Waals surface area contributed by atoms with Crippen molar-refractivity contribution in [1.29, 1.82) is 0 Å². The maximum Gasteiger partial charge on any atom is 0.177 e. The van der Waals surface area contributed by atoms with Crippen LogP contribution in [0, 0.1) is 0 Å². The predicted molar refractivity (Wildman–Crippen MR) is 99.9 cm³/mol. The van der Waals surface area contributed by atoms with Crippen LogP contribution in [0.25, 0.3) is 0 Å². The van der Waals surface area contributed by atoms with E-state index in [-0.39, 0.29) is 11.9 Å². The molecule has 6 heteroatoms. The van der Waals surface area contributed by atoms with E-state index in [1.165, 1.54) is 0 Å². The summed E-state index contributed by atoms with van der Waals surface area (Å²) < 4.78 is 5.14. The molecular formula is C20H27N3O3. The number of hydrazine groups is 1. The van der Waals surface area contributed by atoms with Gasteiger partial charge in [0.05, 0.1) is 6.61 Å². The summed E-state index contributed by atoms with van der Waals surface area (Å²) in [6.45, 7) is 5.34.